The third kappa shape index (κ3) is 4.97. The highest BCUT2D eigenvalue weighted by Crippen LogP contribution is 2.35. The van der Waals surface area contributed by atoms with Crippen LogP contribution in [0, 0.1) is 11.8 Å². The van der Waals surface area contributed by atoms with Gasteiger partial charge in [-0.1, -0.05) is 11.6 Å². The van der Waals surface area contributed by atoms with Gasteiger partial charge in [0.05, 0.1) is 10.6 Å². The molecule has 0 aliphatic carbocycles. The number of hydrogen-bond acceptors (Lipinski definition) is 5. The Bertz CT molecular complexity index is 1280. The first-order chi connectivity index (χ1) is 17.2. The van der Waals surface area contributed by atoms with Gasteiger partial charge in [0.1, 0.15) is 16.8 Å². The normalized spacial score (nSPS) is 20.3. The second kappa shape index (κ2) is 9.61. The van der Waals surface area contributed by atoms with E-state index in [1.165, 1.54) is 0 Å². The average Bonchev–Trinajstić information content (AvgIpc) is 3.44. The number of hydrogen-bond donors (Lipinski definition) is 1. The molecule has 8 nitrogen and oxygen atoms in total. The molecule has 3 heterocycles. The Morgan fingerprint density at radius 3 is 2.36 bits per heavy atom. The average molecular weight is 522 g/mol. The van der Waals surface area contributed by atoms with E-state index in [2.05, 4.69) is 15.4 Å². The summed E-state index contributed by atoms with van der Waals surface area (Å²) in [6.45, 7) is 1.99. The van der Waals surface area contributed by atoms with Crippen LogP contribution in [0.25, 0.3) is 11.0 Å². The number of fused-ring (bicyclic) bond motifs is 2. The van der Waals surface area contributed by atoms with Crippen LogP contribution in [0.15, 0.2) is 36.4 Å². The van der Waals surface area contributed by atoms with Gasteiger partial charge in [0.25, 0.3) is 11.8 Å². The lowest BCUT2D eigenvalue weighted by atomic mass is 9.92. The number of ether oxygens (including phenoxy) is 1. The number of H-pyrrole nitrogens is 1. The summed E-state index contributed by atoms with van der Waals surface area (Å²) in [6.07, 6.45) is -3.00. The summed E-state index contributed by atoms with van der Waals surface area (Å²) < 4.78 is 43.8. The fraction of sp³-hybridized carbons (Fsp3) is 0.417. The van der Waals surface area contributed by atoms with Crippen LogP contribution >= 0.6 is 11.6 Å². The van der Waals surface area contributed by atoms with Gasteiger partial charge in [0, 0.05) is 31.7 Å². The molecule has 3 aromatic rings. The zero-order chi connectivity index (χ0) is 25.4. The van der Waals surface area contributed by atoms with Gasteiger partial charge in [-0.25, -0.2) is 0 Å². The summed E-state index contributed by atoms with van der Waals surface area (Å²) in [4.78, 5) is 29.3. The molecule has 5 rings (SSSR count). The number of nitrogens with one attached hydrogen (secondary N) is 1. The quantitative estimate of drug-likeness (QED) is 0.560. The minimum atomic E-state index is -4.51. The molecule has 2 fully saturated rings. The first-order valence-corrected chi connectivity index (χ1v) is 11.9. The highest BCUT2D eigenvalue weighted by Gasteiger charge is 2.38. The van der Waals surface area contributed by atoms with Crippen molar-refractivity contribution < 1.29 is 27.5 Å². The topological polar surface area (TPSA) is 91.4 Å². The summed E-state index contributed by atoms with van der Waals surface area (Å²) in [5.74, 6) is 0.311. The molecule has 2 aromatic carbocycles. The van der Waals surface area contributed by atoms with Crippen LogP contribution in [0.3, 0.4) is 0 Å². The van der Waals surface area contributed by atoms with E-state index in [1.54, 1.807) is 23.1 Å². The highest BCUT2D eigenvalue weighted by atomic mass is 35.5. The van der Waals surface area contributed by atoms with Crippen molar-refractivity contribution in [2.24, 2.45) is 11.8 Å². The van der Waals surface area contributed by atoms with E-state index in [9.17, 15) is 22.8 Å². The van der Waals surface area contributed by atoms with Gasteiger partial charge in [-0.2, -0.15) is 28.6 Å². The van der Waals surface area contributed by atoms with E-state index in [1.807, 2.05) is 4.90 Å². The lowest BCUT2D eigenvalue weighted by Crippen LogP contribution is -2.37. The van der Waals surface area contributed by atoms with Crippen LogP contribution in [0.5, 0.6) is 5.75 Å². The third-order valence-corrected chi connectivity index (χ3v) is 7.22. The van der Waals surface area contributed by atoms with Crippen LogP contribution in [-0.2, 0) is 11.0 Å². The second-order valence-corrected chi connectivity index (χ2v) is 9.55. The maximum atomic E-state index is 13.1. The van der Waals surface area contributed by atoms with E-state index in [0.717, 1.165) is 31.0 Å². The molecule has 12 heteroatoms. The van der Waals surface area contributed by atoms with Crippen molar-refractivity contribution in [2.75, 3.05) is 32.8 Å². The fourth-order valence-electron chi connectivity index (χ4n) is 4.94. The lowest BCUT2D eigenvalue weighted by molar-refractivity contribution is -0.137. The largest absolute Gasteiger partial charge is 0.482 e. The Morgan fingerprint density at radius 1 is 1.00 bits per heavy atom. The first kappa shape index (κ1) is 24.4. The van der Waals surface area contributed by atoms with Gasteiger partial charge in [-0.3, -0.25) is 9.59 Å². The Balaban J connectivity index is 1.14. The van der Waals surface area contributed by atoms with Gasteiger partial charge < -0.3 is 14.5 Å². The number of alkyl halides is 3. The Kier molecular flexibility index (Phi) is 6.50. The maximum absolute atomic E-state index is 13.1. The molecule has 36 heavy (non-hydrogen) atoms. The molecular formula is C24H23ClF3N5O3. The maximum Gasteiger partial charge on any atom is 0.416 e. The van der Waals surface area contributed by atoms with Gasteiger partial charge in [-0.15, -0.1) is 0 Å². The van der Waals surface area contributed by atoms with Crippen molar-refractivity contribution in [1.82, 2.24) is 25.2 Å². The van der Waals surface area contributed by atoms with Crippen molar-refractivity contribution in [3.05, 3.63) is 52.5 Å². The number of benzene rings is 2. The molecular weight excluding hydrogens is 499 g/mol. The molecule has 0 bridgehead atoms. The van der Waals surface area contributed by atoms with Gasteiger partial charge >= 0.3 is 6.18 Å². The van der Waals surface area contributed by atoms with Crippen LogP contribution in [0.1, 0.15) is 28.8 Å². The molecule has 190 valence electrons. The van der Waals surface area contributed by atoms with Crippen molar-refractivity contribution in [1.29, 1.82) is 0 Å². The molecule has 0 unspecified atom stereocenters. The SMILES string of the molecule is O=C(COc1ccc(C(F)(F)F)cc1Cl)N1CC[C@@H]2CN(C(=O)c3ccc4n[nH]nc4c3)C[C@@H]2CC1. The second-order valence-electron chi connectivity index (χ2n) is 9.15. The Hall–Kier alpha value is -3.34. The lowest BCUT2D eigenvalue weighted by Gasteiger charge is -2.22. The van der Waals surface area contributed by atoms with Gasteiger partial charge in [0.15, 0.2) is 6.61 Å². The molecule has 0 radical (unpaired) electrons. The molecule has 2 aliphatic rings. The van der Waals surface area contributed by atoms with Crippen LogP contribution in [0.2, 0.25) is 5.02 Å². The molecule has 1 aromatic heterocycles. The molecule has 2 saturated heterocycles. The minimum absolute atomic E-state index is 0.0303. The number of rotatable bonds is 4. The number of halogens is 4. The number of amides is 2. The molecule has 2 amide bonds. The number of carbonyl (C=O) groups excluding carboxylic acids is 2. The summed E-state index contributed by atoms with van der Waals surface area (Å²) >= 11 is 5.91. The van der Waals surface area contributed by atoms with Crippen molar-refractivity contribution in [3.8, 4) is 5.75 Å². The fourth-order valence-corrected chi connectivity index (χ4v) is 5.18. The number of aromatic nitrogens is 3. The molecule has 2 atom stereocenters. The van der Waals surface area contributed by atoms with E-state index < -0.39 is 11.7 Å². The number of likely N-dealkylation sites (tertiary alicyclic amines) is 2. The van der Waals surface area contributed by atoms with Gasteiger partial charge in [0.2, 0.25) is 0 Å². The molecule has 1 N–H and O–H groups in total. The molecule has 0 spiro atoms. The molecule has 0 saturated carbocycles. The first-order valence-electron chi connectivity index (χ1n) is 11.6. The monoisotopic (exact) mass is 521 g/mol. The smallest absolute Gasteiger partial charge is 0.416 e. The van der Waals surface area contributed by atoms with Crippen LogP contribution in [-0.4, -0.2) is 69.8 Å². The summed E-state index contributed by atoms with van der Waals surface area (Å²) in [5.41, 5.74) is 1.04. The van der Waals surface area contributed by atoms with Crippen LogP contribution in [0.4, 0.5) is 13.2 Å². The zero-order valence-corrected chi connectivity index (χ0v) is 19.8. The molecule has 2 aliphatic heterocycles. The predicted octanol–water partition coefficient (Wildman–Crippen LogP) is 4.02. The Morgan fingerprint density at radius 2 is 1.69 bits per heavy atom. The van der Waals surface area contributed by atoms with E-state index in [4.69, 9.17) is 16.3 Å². The highest BCUT2D eigenvalue weighted by molar-refractivity contribution is 6.32. The summed E-state index contributed by atoms with van der Waals surface area (Å²) in [5, 5.41) is 10.4. The van der Waals surface area contributed by atoms with E-state index >= 15 is 0 Å². The number of carbonyl (C=O) groups is 2. The van der Waals surface area contributed by atoms with Gasteiger partial charge in [-0.05, 0) is 61.1 Å². The summed E-state index contributed by atoms with van der Waals surface area (Å²) in [7, 11) is 0. The summed E-state index contributed by atoms with van der Waals surface area (Å²) in [6, 6.07) is 8.03. The van der Waals surface area contributed by atoms with Crippen LogP contribution < -0.4 is 4.74 Å². The standard InChI is InChI=1S/C24H23ClF3N5O3/c25-18-10-17(24(26,27)28)2-4-21(18)36-13-22(34)32-7-5-15-11-33(12-16(15)6-8-32)23(35)14-1-3-19-20(9-14)30-31-29-19/h1-4,9-10,15-16H,5-8,11-13H2,(H,29,30,31)/t15-,16+. The Labute approximate surface area is 209 Å². The predicted molar refractivity (Wildman–Crippen MR) is 125 cm³/mol. The van der Waals surface area contributed by atoms with E-state index in [0.29, 0.717) is 42.8 Å². The van der Waals surface area contributed by atoms with Crippen molar-refractivity contribution in [3.63, 3.8) is 0 Å². The minimum Gasteiger partial charge on any atom is -0.482 e. The van der Waals surface area contributed by atoms with Crippen molar-refractivity contribution >= 4 is 34.4 Å². The van der Waals surface area contributed by atoms with E-state index in [-0.39, 0.29) is 41.0 Å². The number of aromatic amines is 1. The number of nitrogens with zero attached hydrogens (tertiary/aromatic N) is 4. The van der Waals surface area contributed by atoms with Crippen molar-refractivity contribution in [2.45, 2.75) is 19.0 Å². The third-order valence-electron chi connectivity index (χ3n) is 6.93. The zero-order valence-electron chi connectivity index (χ0n) is 19.1.